The molecule has 0 aliphatic heterocycles. The largest absolute Gasteiger partial charge is 0.460 e. The summed E-state index contributed by atoms with van der Waals surface area (Å²) in [5.41, 5.74) is 0.774. The van der Waals surface area contributed by atoms with Gasteiger partial charge in [0.1, 0.15) is 11.5 Å². The molecule has 0 radical (unpaired) electrons. The molecule has 2 rings (SSSR count). The van der Waals surface area contributed by atoms with Crippen LogP contribution in [0.1, 0.15) is 12.7 Å². The third kappa shape index (κ3) is 3.74. The zero-order valence-electron chi connectivity index (χ0n) is 10.5. The molecule has 1 atom stereocenters. The molecule has 5 heteroatoms. The van der Waals surface area contributed by atoms with Crippen molar-refractivity contribution in [3.05, 3.63) is 46.1 Å². The van der Waals surface area contributed by atoms with Crippen LogP contribution in [0.4, 0.5) is 0 Å². The van der Waals surface area contributed by atoms with E-state index < -0.39 is 0 Å². The lowest BCUT2D eigenvalue weighted by Gasteiger charge is -2.05. The zero-order valence-corrected chi connectivity index (χ0v) is 12.0. The third-order valence-electron chi connectivity index (χ3n) is 2.62. The molecule has 102 valence electrons. The second kappa shape index (κ2) is 6.44. The summed E-state index contributed by atoms with van der Waals surface area (Å²) in [4.78, 5) is 0. The fourth-order valence-electron chi connectivity index (χ4n) is 1.72. The van der Waals surface area contributed by atoms with Crippen LogP contribution in [0.5, 0.6) is 0 Å². The van der Waals surface area contributed by atoms with Gasteiger partial charge in [-0.25, -0.2) is 0 Å². The molecule has 0 spiro atoms. The molecule has 0 saturated carbocycles. The van der Waals surface area contributed by atoms with Gasteiger partial charge in [0.15, 0.2) is 0 Å². The van der Waals surface area contributed by atoms with Crippen LogP contribution in [0.15, 0.2) is 34.7 Å². The highest BCUT2D eigenvalue weighted by Crippen LogP contribution is 2.34. The number of aliphatic hydroxyl groups excluding tert-OH is 1. The molecular formula is C14H15Cl2NO2. The minimum Gasteiger partial charge on any atom is -0.460 e. The van der Waals surface area contributed by atoms with Crippen molar-refractivity contribution < 1.29 is 9.52 Å². The highest BCUT2D eigenvalue weighted by molar-refractivity contribution is 6.43. The topological polar surface area (TPSA) is 45.4 Å². The lowest BCUT2D eigenvalue weighted by Crippen LogP contribution is -2.23. The minimum atomic E-state index is -0.378. The van der Waals surface area contributed by atoms with Crippen molar-refractivity contribution >= 4 is 23.2 Å². The zero-order chi connectivity index (χ0) is 13.8. The monoisotopic (exact) mass is 299 g/mol. The van der Waals surface area contributed by atoms with Crippen molar-refractivity contribution in [2.45, 2.75) is 19.6 Å². The lowest BCUT2D eigenvalue weighted by molar-refractivity contribution is 0.190. The van der Waals surface area contributed by atoms with E-state index in [0.717, 1.165) is 11.3 Å². The Kier molecular flexibility index (Phi) is 4.88. The Hall–Kier alpha value is -1.000. The van der Waals surface area contributed by atoms with Crippen LogP contribution in [0.25, 0.3) is 11.3 Å². The van der Waals surface area contributed by atoms with E-state index in [1.807, 2.05) is 24.3 Å². The summed E-state index contributed by atoms with van der Waals surface area (Å²) in [5, 5.41) is 13.2. The molecule has 1 aromatic carbocycles. The maximum Gasteiger partial charge on any atom is 0.135 e. The molecule has 0 aliphatic carbocycles. The third-order valence-corrected chi connectivity index (χ3v) is 3.44. The number of nitrogens with one attached hydrogen (secondary N) is 1. The predicted molar refractivity (Wildman–Crippen MR) is 77.6 cm³/mol. The minimum absolute atomic E-state index is 0.378. The average molecular weight is 300 g/mol. The summed E-state index contributed by atoms with van der Waals surface area (Å²) >= 11 is 12.1. The van der Waals surface area contributed by atoms with Gasteiger partial charge in [0.05, 0.1) is 22.7 Å². The van der Waals surface area contributed by atoms with Gasteiger partial charge in [0, 0.05) is 12.1 Å². The van der Waals surface area contributed by atoms with Gasteiger partial charge < -0.3 is 14.8 Å². The number of aliphatic hydroxyl groups is 1. The lowest BCUT2D eigenvalue weighted by atomic mass is 10.2. The van der Waals surface area contributed by atoms with E-state index in [0.29, 0.717) is 28.9 Å². The van der Waals surface area contributed by atoms with E-state index in [4.69, 9.17) is 32.7 Å². The van der Waals surface area contributed by atoms with Gasteiger partial charge in [-0.15, -0.1) is 0 Å². The summed E-state index contributed by atoms with van der Waals surface area (Å²) in [6, 6.07) is 9.16. The Morgan fingerprint density at radius 2 is 2.05 bits per heavy atom. The molecule has 19 heavy (non-hydrogen) atoms. The molecule has 0 amide bonds. The van der Waals surface area contributed by atoms with Crippen molar-refractivity contribution in [2.75, 3.05) is 6.54 Å². The molecular weight excluding hydrogens is 285 g/mol. The van der Waals surface area contributed by atoms with Crippen LogP contribution in [0.2, 0.25) is 10.0 Å². The van der Waals surface area contributed by atoms with Crippen molar-refractivity contribution in [3.63, 3.8) is 0 Å². The standard InChI is InChI=1S/C14H15Cl2NO2/c1-9(18)7-17-8-10-5-6-13(19-10)11-3-2-4-12(15)14(11)16/h2-6,9,17-18H,7-8H2,1H3/t9-/m1/s1. The Balaban J connectivity index is 2.10. The first-order valence-electron chi connectivity index (χ1n) is 6.00. The van der Waals surface area contributed by atoms with Crippen molar-refractivity contribution in [1.29, 1.82) is 0 Å². The molecule has 1 aromatic heterocycles. The number of rotatable bonds is 5. The second-order valence-corrected chi connectivity index (χ2v) is 5.13. The molecule has 0 saturated heterocycles. The molecule has 2 N–H and O–H groups in total. The number of furan rings is 1. The van der Waals surface area contributed by atoms with E-state index in [1.54, 1.807) is 13.0 Å². The van der Waals surface area contributed by atoms with Crippen LogP contribution >= 0.6 is 23.2 Å². The van der Waals surface area contributed by atoms with Gasteiger partial charge in [-0.1, -0.05) is 29.3 Å². The number of halogens is 2. The summed E-state index contributed by atoms with van der Waals surface area (Å²) in [6.07, 6.45) is -0.378. The maximum absolute atomic E-state index is 9.16. The number of hydrogen-bond donors (Lipinski definition) is 2. The number of benzene rings is 1. The summed E-state index contributed by atoms with van der Waals surface area (Å²) in [6.45, 7) is 2.81. The first-order valence-corrected chi connectivity index (χ1v) is 6.75. The number of hydrogen-bond acceptors (Lipinski definition) is 3. The first-order chi connectivity index (χ1) is 9.08. The molecule has 0 fully saturated rings. The van der Waals surface area contributed by atoms with E-state index >= 15 is 0 Å². The summed E-state index contributed by atoms with van der Waals surface area (Å²) in [7, 11) is 0. The summed E-state index contributed by atoms with van der Waals surface area (Å²) < 4.78 is 5.70. The van der Waals surface area contributed by atoms with Crippen LogP contribution in [0, 0.1) is 0 Å². The molecule has 0 bridgehead atoms. The first kappa shape index (κ1) is 14.4. The quantitative estimate of drug-likeness (QED) is 0.884. The van der Waals surface area contributed by atoms with Crippen molar-refractivity contribution in [2.24, 2.45) is 0 Å². The van der Waals surface area contributed by atoms with Gasteiger partial charge in [-0.05, 0) is 31.2 Å². The van der Waals surface area contributed by atoms with Crippen molar-refractivity contribution in [3.8, 4) is 11.3 Å². The predicted octanol–water partition coefficient (Wildman–Crippen LogP) is 3.72. The Labute approximate surface area is 122 Å². The molecule has 2 aromatic rings. The van der Waals surface area contributed by atoms with Crippen LogP contribution in [0.3, 0.4) is 0 Å². The fourth-order valence-corrected chi connectivity index (χ4v) is 2.11. The Bertz CT molecular complexity index is 552. The Morgan fingerprint density at radius 1 is 1.26 bits per heavy atom. The van der Waals surface area contributed by atoms with Crippen molar-refractivity contribution in [1.82, 2.24) is 5.32 Å². The van der Waals surface area contributed by atoms with E-state index in [9.17, 15) is 0 Å². The molecule has 1 heterocycles. The smallest absolute Gasteiger partial charge is 0.135 e. The maximum atomic E-state index is 9.16. The van der Waals surface area contributed by atoms with Gasteiger partial charge in [-0.2, -0.15) is 0 Å². The van der Waals surface area contributed by atoms with Gasteiger partial charge in [0.25, 0.3) is 0 Å². The van der Waals surface area contributed by atoms with E-state index in [2.05, 4.69) is 5.32 Å². The molecule has 3 nitrogen and oxygen atoms in total. The van der Waals surface area contributed by atoms with E-state index in [-0.39, 0.29) is 6.10 Å². The normalized spacial score (nSPS) is 12.6. The fraction of sp³-hybridized carbons (Fsp3) is 0.286. The molecule has 0 aliphatic rings. The highest BCUT2D eigenvalue weighted by Gasteiger charge is 2.10. The highest BCUT2D eigenvalue weighted by atomic mass is 35.5. The average Bonchev–Trinajstić information content (AvgIpc) is 2.81. The van der Waals surface area contributed by atoms with Gasteiger partial charge in [0.2, 0.25) is 0 Å². The Morgan fingerprint density at radius 3 is 2.79 bits per heavy atom. The van der Waals surface area contributed by atoms with Gasteiger partial charge in [-0.3, -0.25) is 0 Å². The van der Waals surface area contributed by atoms with Crippen LogP contribution in [-0.2, 0) is 6.54 Å². The molecule has 0 unspecified atom stereocenters. The SMILES string of the molecule is C[C@@H](O)CNCc1ccc(-c2cccc(Cl)c2Cl)o1. The van der Waals surface area contributed by atoms with E-state index in [1.165, 1.54) is 0 Å². The summed E-state index contributed by atoms with van der Waals surface area (Å²) in [5.74, 6) is 1.47. The van der Waals surface area contributed by atoms with Crippen LogP contribution < -0.4 is 5.32 Å². The van der Waals surface area contributed by atoms with Crippen LogP contribution in [-0.4, -0.2) is 17.8 Å². The van der Waals surface area contributed by atoms with Gasteiger partial charge >= 0.3 is 0 Å². The second-order valence-electron chi connectivity index (χ2n) is 4.35.